The van der Waals surface area contributed by atoms with Gasteiger partial charge in [0.2, 0.25) is 6.23 Å². The number of amides is 1. The van der Waals surface area contributed by atoms with E-state index < -0.39 is 48.3 Å². The summed E-state index contributed by atoms with van der Waals surface area (Å²) < 4.78 is 38.4. The Hall–Kier alpha value is -2.11. The fourth-order valence-corrected chi connectivity index (χ4v) is 2.19. The Morgan fingerprint density at radius 1 is 1.52 bits per heavy atom. The van der Waals surface area contributed by atoms with E-state index in [9.17, 15) is 23.5 Å². The molecule has 1 fully saturated rings. The fourth-order valence-electron chi connectivity index (χ4n) is 2.19. The van der Waals surface area contributed by atoms with Crippen LogP contribution in [0.4, 0.5) is 19.4 Å². The Balaban J connectivity index is 2.20. The van der Waals surface area contributed by atoms with Crippen molar-refractivity contribution in [1.29, 1.82) is 0 Å². The first-order chi connectivity index (χ1) is 11.5. The number of nitrogens with zero attached hydrogens (tertiary/aromatic N) is 2. The summed E-state index contributed by atoms with van der Waals surface area (Å²) in [5, 5.41) is 20.6. The highest BCUT2D eigenvalue weighted by molar-refractivity contribution is 5.83. The summed E-state index contributed by atoms with van der Waals surface area (Å²) in [5.74, 6) is -4.00. The van der Waals surface area contributed by atoms with E-state index in [1.807, 2.05) is 0 Å². The smallest absolute Gasteiger partial charge is 0.413 e. The van der Waals surface area contributed by atoms with Crippen LogP contribution in [0.1, 0.15) is 27.0 Å². The van der Waals surface area contributed by atoms with E-state index in [1.165, 1.54) is 0 Å². The minimum absolute atomic E-state index is 0.198. The highest BCUT2D eigenvalue weighted by Gasteiger charge is 2.59. The molecule has 140 valence electrons. The maximum absolute atomic E-state index is 14.0. The summed E-state index contributed by atoms with van der Waals surface area (Å²) in [4.78, 5) is 27.1. The third kappa shape index (κ3) is 4.11. The van der Waals surface area contributed by atoms with Crippen molar-refractivity contribution in [1.82, 2.24) is 9.55 Å². The Bertz CT molecular complexity index is 703. The number of carbonyl (C=O) groups excluding carboxylic acids is 1. The molecule has 0 radical (unpaired) electrons. The number of ether oxygens (including phenoxy) is 2. The van der Waals surface area contributed by atoms with Gasteiger partial charge in [0.05, 0.1) is 6.61 Å². The van der Waals surface area contributed by atoms with Crippen molar-refractivity contribution in [2.24, 2.45) is 0 Å². The number of aliphatic hydroxyl groups excluding tert-OH is 2. The van der Waals surface area contributed by atoms with Crippen LogP contribution in [0.5, 0.6) is 0 Å². The zero-order valence-corrected chi connectivity index (χ0v) is 13.8. The molecule has 1 aliphatic heterocycles. The van der Waals surface area contributed by atoms with Crippen LogP contribution in [0.25, 0.3) is 0 Å². The molecule has 1 saturated heterocycles. The predicted octanol–water partition coefficient (Wildman–Crippen LogP) is 0.476. The van der Waals surface area contributed by atoms with E-state index in [-0.39, 0.29) is 5.82 Å². The number of anilines is 1. The second-order valence-corrected chi connectivity index (χ2v) is 6.46. The largest absolute Gasteiger partial charge is 0.444 e. The molecule has 2 heterocycles. The molecule has 1 aromatic heterocycles. The molecule has 0 saturated carbocycles. The molecule has 11 heteroatoms. The van der Waals surface area contributed by atoms with Gasteiger partial charge in [0.25, 0.3) is 0 Å². The number of aliphatic hydroxyl groups is 2. The molecular formula is C14H19F2N3O6. The van der Waals surface area contributed by atoms with Crippen LogP contribution in [0.2, 0.25) is 0 Å². The summed E-state index contributed by atoms with van der Waals surface area (Å²) in [6.07, 6.45) is -5.86. The van der Waals surface area contributed by atoms with Gasteiger partial charge in [0, 0.05) is 6.20 Å². The second kappa shape index (κ2) is 6.65. The van der Waals surface area contributed by atoms with Crippen LogP contribution in [0, 0.1) is 0 Å². The molecule has 2 rings (SSSR count). The summed E-state index contributed by atoms with van der Waals surface area (Å²) in [6.45, 7) is 4.08. The van der Waals surface area contributed by atoms with Crippen molar-refractivity contribution in [2.45, 2.75) is 50.7 Å². The quantitative estimate of drug-likeness (QED) is 0.713. The lowest BCUT2D eigenvalue weighted by molar-refractivity contribution is -0.140. The minimum Gasteiger partial charge on any atom is -0.444 e. The number of hydrogen-bond donors (Lipinski definition) is 3. The van der Waals surface area contributed by atoms with Crippen molar-refractivity contribution in [2.75, 3.05) is 11.9 Å². The van der Waals surface area contributed by atoms with Gasteiger partial charge in [-0.2, -0.15) is 13.8 Å². The van der Waals surface area contributed by atoms with Gasteiger partial charge in [-0.25, -0.2) is 9.59 Å². The Kier molecular flexibility index (Phi) is 5.11. The number of carbonyl (C=O) groups is 1. The molecule has 3 atom stereocenters. The Labute approximate surface area is 141 Å². The second-order valence-electron chi connectivity index (χ2n) is 6.46. The minimum atomic E-state index is -3.81. The lowest BCUT2D eigenvalue weighted by atomic mass is 10.1. The van der Waals surface area contributed by atoms with Crippen LogP contribution >= 0.6 is 0 Å². The van der Waals surface area contributed by atoms with Gasteiger partial charge >= 0.3 is 17.7 Å². The van der Waals surface area contributed by atoms with Crippen LogP contribution in [-0.2, 0) is 9.47 Å². The van der Waals surface area contributed by atoms with E-state index in [2.05, 4.69) is 10.3 Å². The average molecular weight is 363 g/mol. The average Bonchev–Trinajstić information content (AvgIpc) is 2.68. The Morgan fingerprint density at radius 3 is 2.64 bits per heavy atom. The molecule has 25 heavy (non-hydrogen) atoms. The topological polar surface area (TPSA) is 123 Å². The molecule has 0 spiro atoms. The first-order valence-electron chi connectivity index (χ1n) is 7.37. The van der Waals surface area contributed by atoms with Gasteiger partial charge in [-0.05, 0) is 26.8 Å². The van der Waals surface area contributed by atoms with Gasteiger partial charge in [-0.3, -0.25) is 9.88 Å². The molecular weight excluding hydrogens is 344 g/mol. The maximum atomic E-state index is 14.0. The van der Waals surface area contributed by atoms with Crippen LogP contribution in [0.15, 0.2) is 17.1 Å². The lowest BCUT2D eigenvalue weighted by Gasteiger charge is -2.21. The molecule has 9 nitrogen and oxygen atoms in total. The zero-order chi connectivity index (χ0) is 19.0. The van der Waals surface area contributed by atoms with Gasteiger partial charge in [-0.1, -0.05) is 0 Å². The summed E-state index contributed by atoms with van der Waals surface area (Å²) in [7, 11) is 0. The lowest BCUT2D eigenvalue weighted by Crippen LogP contribution is -2.41. The third-order valence-corrected chi connectivity index (χ3v) is 3.27. The standard InChI is InChI=1S/C14H19F2N3O6/c1-13(2,3)25-12(23)18-8-4-5-19(11(22)17-8)10-14(15,16)9(21)7(6-20)24-10/h4-5,7,9-10,20-21H,6H2,1-3H3,(H,17,18,22,23)/t7-,9?,10-/m1/s1. The van der Waals surface area contributed by atoms with E-state index in [0.29, 0.717) is 4.57 Å². The molecule has 0 bridgehead atoms. The SMILES string of the molecule is CC(C)(C)OC(=O)Nc1ccn([C@@H]2O[C@H](CO)C(O)C2(F)F)c(=O)n1. The van der Waals surface area contributed by atoms with Gasteiger partial charge in [0.15, 0.2) is 6.10 Å². The third-order valence-electron chi connectivity index (χ3n) is 3.27. The van der Waals surface area contributed by atoms with Gasteiger partial charge in [-0.15, -0.1) is 0 Å². The van der Waals surface area contributed by atoms with Gasteiger partial charge in [0.1, 0.15) is 17.5 Å². The summed E-state index contributed by atoms with van der Waals surface area (Å²) in [5.41, 5.74) is -1.90. The highest BCUT2D eigenvalue weighted by atomic mass is 19.3. The van der Waals surface area contributed by atoms with E-state index in [1.54, 1.807) is 20.8 Å². The van der Waals surface area contributed by atoms with Gasteiger partial charge < -0.3 is 19.7 Å². The maximum Gasteiger partial charge on any atom is 0.413 e. The van der Waals surface area contributed by atoms with Crippen LogP contribution in [0.3, 0.4) is 0 Å². The normalized spacial score (nSPS) is 25.6. The number of hydrogen-bond acceptors (Lipinski definition) is 7. The first kappa shape index (κ1) is 19.2. The monoisotopic (exact) mass is 363 g/mol. The molecule has 1 amide bonds. The van der Waals surface area contributed by atoms with Crippen molar-refractivity contribution in [3.8, 4) is 0 Å². The number of aromatic nitrogens is 2. The van der Waals surface area contributed by atoms with Crippen molar-refractivity contribution < 1.29 is 33.3 Å². The summed E-state index contributed by atoms with van der Waals surface area (Å²) >= 11 is 0. The van der Waals surface area contributed by atoms with Crippen LogP contribution < -0.4 is 11.0 Å². The predicted molar refractivity (Wildman–Crippen MR) is 80.3 cm³/mol. The number of halogens is 2. The molecule has 0 aromatic carbocycles. The summed E-state index contributed by atoms with van der Waals surface area (Å²) in [6, 6.07) is 1.10. The number of rotatable bonds is 3. The number of nitrogens with one attached hydrogen (secondary N) is 1. The molecule has 0 aliphatic carbocycles. The molecule has 1 aliphatic rings. The molecule has 1 unspecified atom stereocenters. The van der Waals surface area contributed by atoms with Crippen LogP contribution in [-0.4, -0.2) is 56.2 Å². The van der Waals surface area contributed by atoms with E-state index in [0.717, 1.165) is 12.3 Å². The van der Waals surface area contributed by atoms with Crippen molar-refractivity contribution in [3.05, 3.63) is 22.7 Å². The van der Waals surface area contributed by atoms with E-state index >= 15 is 0 Å². The molecule has 1 aromatic rings. The first-order valence-corrected chi connectivity index (χ1v) is 7.37. The van der Waals surface area contributed by atoms with E-state index in [4.69, 9.17) is 14.6 Å². The number of alkyl halides is 2. The zero-order valence-electron chi connectivity index (χ0n) is 13.8. The van der Waals surface area contributed by atoms with Crippen molar-refractivity contribution >= 4 is 11.9 Å². The van der Waals surface area contributed by atoms with Crippen molar-refractivity contribution in [3.63, 3.8) is 0 Å². The highest BCUT2D eigenvalue weighted by Crippen LogP contribution is 2.41. The Morgan fingerprint density at radius 2 is 2.16 bits per heavy atom. The fraction of sp³-hybridized carbons (Fsp3) is 0.643. The molecule has 3 N–H and O–H groups in total.